The van der Waals surface area contributed by atoms with E-state index in [4.69, 9.17) is 0 Å². The molecule has 43 heavy (non-hydrogen) atoms. The van der Waals surface area contributed by atoms with Crippen molar-refractivity contribution in [2.24, 2.45) is 0 Å². The largest absolute Gasteiger partial charge is 0.469 e. The molecule has 2 unspecified atom stereocenters. The van der Waals surface area contributed by atoms with Crippen LogP contribution in [0.3, 0.4) is 0 Å². The van der Waals surface area contributed by atoms with Crippen molar-refractivity contribution in [3.63, 3.8) is 0 Å². The Balaban J connectivity index is 2.65. The monoisotopic (exact) mass is 626 g/mol. The lowest BCUT2D eigenvalue weighted by molar-refractivity contribution is -0.311. The van der Waals surface area contributed by atoms with Gasteiger partial charge in [0.05, 0.1) is 31.5 Å². The van der Waals surface area contributed by atoms with Crippen LogP contribution in [0, 0.1) is 5.82 Å². The zero-order valence-corrected chi connectivity index (χ0v) is 22.4. The maximum atomic E-state index is 13.9. The first-order chi connectivity index (χ1) is 20.0. The predicted molar refractivity (Wildman–Crippen MR) is 136 cm³/mol. The number of urea groups is 1. The molecule has 2 N–H and O–H groups in total. The number of halogens is 9. The Labute approximate surface area is 240 Å². The third-order valence-corrected chi connectivity index (χ3v) is 6.18. The molecule has 0 saturated heterocycles. The second kappa shape index (κ2) is 14.9. The minimum atomic E-state index is -5.13. The molecule has 0 heterocycles. The number of amides is 2. The molecule has 2 aromatic carbocycles. The fraction of sp³-hybridized carbons (Fsp3) is 0.357. The second-order valence-corrected chi connectivity index (χ2v) is 9.19. The fourth-order valence-electron chi connectivity index (χ4n) is 4.06. The lowest BCUT2D eigenvalue weighted by atomic mass is 9.76. The summed E-state index contributed by atoms with van der Waals surface area (Å²) in [5.41, 5.74) is -2.03. The smallest absolute Gasteiger partial charge is 0.417 e. The average Bonchev–Trinajstić information content (AvgIpc) is 2.92. The molecule has 0 aliphatic heterocycles. The standard InChI is InChI=1S/C28H27F9N2O4/c1-17(14-21(12-13-29)43-28(36,37)24(31)32)26(16-18-6-4-3-5-7-18,19-8-10-20(30)11-9-19)39-25(41)38-22(27(33,34)35)15-23(40)42-2/h3-13,21-22,24H,1,14-16H2,2H3,(H2,38,39,41)/b13-12+/t21?,22?,26-/m0/s1. The molecule has 6 nitrogen and oxygen atoms in total. The molecule has 0 fully saturated rings. The average molecular weight is 627 g/mol. The maximum absolute atomic E-state index is 13.9. The van der Waals surface area contributed by atoms with Crippen LogP contribution >= 0.6 is 0 Å². The highest BCUT2D eigenvalue weighted by Crippen LogP contribution is 2.38. The minimum absolute atomic E-state index is 0.0296. The van der Waals surface area contributed by atoms with Crippen LogP contribution in [-0.2, 0) is 26.2 Å². The summed E-state index contributed by atoms with van der Waals surface area (Å²) >= 11 is 0. The van der Waals surface area contributed by atoms with Gasteiger partial charge < -0.3 is 20.1 Å². The van der Waals surface area contributed by atoms with Gasteiger partial charge in [-0.25, -0.2) is 22.4 Å². The van der Waals surface area contributed by atoms with Gasteiger partial charge in [-0.05, 0) is 34.9 Å². The van der Waals surface area contributed by atoms with Gasteiger partial charge in [-0.1, -0.05) is 49.0 Å². The number of hydrogen-bond donors (Lipinski definition) is 2. The fourth-order valence-corrected chi connectivity index (χ4v) is 4.06. The van der Waals surface area contributed by atoms with Gasteiger partial charge in [0.25, 0.3) is 0 Å². The predicted octanol–water partition coefficient (Wildman–Crippen LogP) is 6.73. The van der Waals surface area contributed by atoms with Crippen LogP contribution in [0.1, 0.15) is 24.0 Å². The lowest BCUT2D eigenvalue weighted by Crippen LogP contribution is -2.57. The summed E-state index contributed by atoms with van der Waals surface area (Å²) in [6, 6.07) is 7.60. The topological polar surface area (TPSA) is 76.7 Å². The van der Waals surface area contributed by atoms with E-state index in [0.29, 0.717) is 11.6 Å². The molecular weight excluding hydrogens is 599 g/mol. The van der Waals surface area contributed by atoms with Gasteiger partial charge in [-0.2, -0.15) is 22.0 Å². The first-order valence-electron chi connectivity index (χ1n) is 12.3. The van der Waals surface area contributed by atoms with E-state index in [1.807, 2.05) is 0 Å². The number of hydrogen-bond acceptors (Lipinski definition) is 4. The minimum Gasteiger partial charge on any atom is -0.469 e. The Morgan fingerprint density at radius 2 is 1.58 bits per heavy atom. The van der Waals surface area contributed by atoms with Crippen LogP contribution in [0.4, 0.5) is 44.3 Å². The number of carbonyl (C=O) groups is 2. The van der Waals surface area contributed by atoms with Gasteiger partial charge in [0.15, 0.2) is 0 Å². The summed E-state index contributed by atoms with van der Waals surface area (Å²) in [7, 11) is 0.834. The molecule has 0 aromatic heterocycles. The van der Waals surface area contributed by atoms with Gasteiger partial charge in [0, 0.05) is 12.8 Å². The Bertz CT molecular complexity index is 1260. The van der Waals surface area contributed by atoms with Gasteiger partial charge in [0.2, 0.25) is 0 Å². The van der Waals surface area contributed by atoms with E-state index in [1.165, 1.54) is 12.1 Å². The molecule has 2 rings (SSSR count). The van der Waals surface area contributed by atoms with Crippen molar-refractivity contribution >= 4 is 12.0 Å². The number of benzene rings is 2. The van der Waals surface area contributed by atoms with Crippen molar-refractivity contribution in [1.82, 2.24) is 10.6 Å². The number of nitrogens with one attached hydrogen (secondary N) is 2. The molecule has 0 aliphatic rings. The highest BCUT2D eigenvalue weighted by Gasteiger charge is 2.47. The zero-order valence-electron chi connectivity index (χ0n) is 22.4. The van der Waals surface area contributed by atoms with Gasteiger partial charge in [-0.15, -0.1) is 0 Å². The van der Waals surface area contributed by atoms with Crippen molar-refractivity contribution < 1.29 is 58.6 Å². The molecule has 0 aliphatic carbocycles. The Morgan fingerprint density at radius 1 is 0.977 bits per heavy atom. The number of ether oxygens (including phenoxy) is 2. The molecule has 0 bridgehead atoms. The number of esters is 1. The number of rotatable bonds is 14. The van der Waals surface area contributed by atoms with Crippen LogP contribution in [0.25, 0.3) is 0 Å². The van der Waals surface area contributed by atoms with Crippen LogP contribution in [0.2, 0.25) is 0 Å². The Morgan fingerprint density at radius 3 is 2.09 bits per heavy atom. The number of methoxy groups -OCH3 is 1. The second-order valence-electron chi connectivity index (χ2n) is 9.19. The third-order valence-electron chi connectivity index (χ3n) is 6.18. The molecule has 236 valence electrons. The van der Waals surface area contributed by atoms with Crippen LogP contribution in [0.15, 0.2) is 79.2 Å². The van der Waals surface area contributed by atoms with Crippen LogP contribution < -0.4 is 10.6 Å². The molecular formula is C28H27F9N2O4. The Kier molecular flexibility index (Phi) is 12.2. The SMILES string of the molecule is C=C(CC(/C=C/F)OC(F)(F)C(F)F)[C@](Cc1ccccc1)(NC(=O)NC(CC(=O)OC)C(F)(F)F)c1ccc(F)cc1. The summed E-state index contributed by atoms with van der Waals surface area (Å²) in [4.78, 5) is 24.7. The van der Waals surface area contributed by atoms with Crippen molar-refractivity contribution in [3.8, 4) is 0 Å². The lowest BCUT2D eigenvalue weighted by Gasteiger charge is -2.39. The summed E-state index contributed by atoms with van der Waals surface area (Å²) in [6.07, 6.45) is -19.0. The van der Waals surface area contributed by atoms with E-state index in [0.717, 1.165) is 31.4 Å². The molecule has 2 aromatic rings. The van der Waals surface area contributed by atoms with Crippen LogP contribution in [0.5, 0.6) is 0 Å². The summed E-state index contributed by atoms with van der Waals surface area (Å²) in [5, 5.41) is 3.92. The first-order valence-corrected chi connectivity index (χ1v) is 12.3. The molecule has 2 amide bonds. The Hall–Kier alpha value is -4.01. The highest BCUT2D eigenvalue weighted by molar-refractivity contribution is 5.78. The van der Waals surface area contributed by atoms with E-state index in [-0.39, 0.29) is 23.9 Å². The van der Waals surface area contributed by atoms with Gasteiger partial charge in [0.1, 0.15) is 11.9 Å². The molecule has 3 atom stereocenters. The summed E-state index contributed by atoms with van der Waals surface area (Å²) < 4.78 is 130. The molecule has 15 heteroatoms. The summed E-state index contributed by atoms with van der Waals surface area (Å²) in [5.74, 6) is -2.07. The van der Waals surface area contributed by atoms with Gasteiger partial charge >= 0.3 is 30.7 Å². The van der Waals surface area contributed by atoms with E-state index in [1.54, 1.807) is 23.5 Å². The van der Waals surface area contributed by atoms with Crippen molar-refractivity contribution in [1.29, 1.82) is 0 Å². The van der Waals surface area contributed by atoms with E-state index >= 15 is 0 Å². The van der Waals surface area contributed by atoms with Crippen molar-refractivity contribution in [2.45, 2.75) is 55.7 Å². The van der Waals surface area contributed by atoms with E-state index < -0.39 is 67.1 Å². The molecule has 0 saturated carbocycles. The quantitative estimate of drug-likeness (QED) is 0.139. The van der Waals surface area contributed by atoms with E-state index in [2.05, 4.69) is 21.4 Å². The zero-order chi connectivity index (χ0) is 32.4. The highest BCUT2D eigenvalue weighted by atomic mass is 19.4. The maximum Gasteiger partial charge on any atom is 0.417 e. The first kappa shape index (κ1) is 35.2. The van der Waals surface area contributed by atoms with E-state index in [9.17, 15) is 49.1 Å². The van der Waals surface area contributed by atoms with Gasteiger partial charge in [-0.3, -0.25) is 4.79 Å². The van der Waals surface area contributed by atoms with Crippen molar-refractivity contribution in [2.75, 3.05) is 7.11 Å². The number of carbonyl (C=O) groups excluding carboxylic acids is 2. The number of alkyl halides is 7. The van der Waals surface area contributed by atoms with Crippen molar-refractivity contribution in [3.05, 3.63) is 96.1 Å². The molecule has 0 radical (unpaired) electrons. The molecule has 0 spiro atoms. The third kappa shape index (κ3) is 10.0. The summed E-state index contributed by atoms with van der Waals surface area (Å²) in [6.45, 7) is 3.76. The normalized spacial score (nSPS) is 15.0. The van der Waals surface area contributed by atoms with Crippen LogP contribution in [-0.4, -0.2) is 50.0 Å².